The summed E-state index contributed by atoms with van der Waals surface area (Å²) in [6.07, 6.45) is 10.0. The summed E-state index contributed by atoms with van der Waals surface area (Å²) in [6.45, 7) is 8.99. The summed E-state index contributed by atoms with van der Waals surface area (Å²) in [5.41, 5.74) is 2.12. The maximum atomic E-state index is 12.8. The van der Waals surface area contributed by atoms with Gasteiger partial charge in [0.25, 0.3) is 10.1 Å². The van der Waals surface area contributed by atoms with Crippen molar-refractivity contribution in [1.82, 2.24) is 5.32 Å². The number of carbonyl (C=O) groups is 2. The van der Waals surface area contributed by atoms with Gasteiger partial charge in [0.05, 0.1) is 11.4 Å². The molecule has 0 aromatic heterocycles. The zero-order valence-electron chi connectivity index (χ0n) is 18.3. The molecule has 0 heterocycles. The first-order valence-corrected chi connectivity index (χ1v) is 12.3. The molecule has 166 valence electrons. The van der Waals surface area contributed by atoms with Crippen molar-refractivity contribution in [2.45, 2.75) is 59.8 Å². The zero-order valence-corrected chi connectivity index (χ0v) is 19.1. The largest absolute Gasteiger partial charge is 0.381 e. The van der Waals surface area contributed by atoms with Crippen LogP contribution in [0.3, 0.4) is 0 Å². The number of hydrogen-bond donors (Lipinski definition) is 2. The second-order valence-electron chi connectivity index (χ2n) is 9.73. The van der Waals surface area contributed by atoms with Crippen LogP contribution < -0.4 is 5.32 Å². The molecule has 1 fully saturated rings. The highest BCUT2D eigenvalue weighted by atomic mass is 32.2. The van der Waals surface area contributed by atoms with E-state index < -0.39 is 15.9 Å². The first-order valence-electron chi connectivity index (χ1n) is 10.7. The Balaban J connectivity index is 1.78. The smallest absolute Gasteiger partial charge is 0.266 e. The standard InChI is InChI=1S/C23H33NO5S/c1-15-6-5-7-21-22(15,3)9-8-16(2)23(21,4)14-17-12-20(26)18(13-19(17)25)24-10-11-30(27,28)29/h6,12-13,16,21,24H,5,7-11,14H2,1-4H3,(H,27,28,29). The normalized spacial score (nSPS) is 34.6. The Labute approximate surface area is 179 Å². The van der Waals surface area contributed by atoms with E-state index >= 15 is 0 Å². The fourth-order valence-corrected chi connectivity index (χ4v) is 6.17. The monoisotopic (exact) mass is 435 g/mol. The molecule has 3 aliphatic carbocycles. The van der Waals surface area contributed by atoms with Crippen molar-refractivity contribution in [2.75, 3.05) is 12.3 Å². The fourth-order valence-electron chi connectivity index (χ4n) is 5.81. The molecule has 3 aliphatic rings. The van der Waals surface area contributed by atoms with E-state index in [1.165, 1.54) is 17.7 Å². The van der Waals surface area contributed by atoms with Crippen LogP contribution in [0.2, 0.25) is 0 Å². The molecule has 1 saturated carbocycles. The Kier molecular flexibility index (Phi) is 6.18. The van der Waals surface area contributed by atoms with Gasteiger partial charge in [-0.25, -0.2) is 0 Å². The average Bonchev–Trinajstić information content (AvgIpc) is 2.64. The van der Waals surface area contributed by atoms with Crippen molar-refractivity contribution in [3.05, 3.63) is 35.1 Å². The van der Waals surface area contributed by atoms with Gasteiger partial charge < -0.3 is 5.32 Å². The molecule has 0 aliphatic heterocycles. The highest BCUT2D eigenvalue weighted by molar-refractivity contribution is 7.85. The molecule has 30 heavy (non-hydrogen) atoms. The molecular weight excluding hydrogens is 402 g/mol. The predicted octanol–water partition coefficient (Wildman–Crippen LogP) is 3.61. The minimum Gasteiger partial charge on any atom is -0.381 e. The lowest BCUT2D eigenvalue weighted by molar-refractivity contribution is -0.116. The van der Waals surface area contributed by atoms with Gasteiger partial charge in [0.2, 0.25) is 5.78 Å². The van der Waals surface area contributed by atoms with Crippen LogP contribution in [0.1, 0.15) is 59.8 Å². The molecule has 2 N–H and O–H groups in total. The van der Waals surface area contributed by atoms with Crippen LogP contribution in [-0.4, -0.2) is 36.8 Å². The number of ketones is 2. The third-order valence-electron chi connectivity index (χ3n) is 8.00. The lowest BCUT2D eigenvalue weighted by Gasteiger charge is -2.58. The van der Waals surface area contributed by atoms with Gasteiger partial charge in [-0.2, -0.15) is 8.42 Å². The lowest BCUT2D eigenvalue weighted by atomic mass is 9.46. The van der Waals surface area contributed by atoms with Crippen LogP contribution >= 0.6 is 0 Å². The molecule has 4 atom stereocenters. The van der Waals surface area contributed by atoms with Gasteiger partial charge in [0.15, 0.2) is 5.78 Å². The van der Waals surface area contributed by atoms with Gasteiger partial charge in [-0.15, -0.1) is 0 Å². The number of nitrogens with one attached hydrogen (secondary N) is 1. The van der Waals surface area contributed by atoms with Crippen LogP contribution in [0.25, 0.3) is 0 Å². The van der Waals surface area contributed by atoms with E-state index in [-0.39, 0.29) is 34.6 Å². The van der Waals surface area contributed by atoms with Gasteiger partial charge in [-0.1, -0.05) is 32.4 Å². The Morgan fingerprint density at radius 1 is 1.17 bits per heavy atom. The van der Waals surface area contributed by atoms with Gasteiger partial charge >= 0.3 is 0 Å². The summed E-state index contributed by atoms with van der Waals surface area (Å²) < 4.78 is 30.5. The molecule has 0 aromatic carbocycles. The number of carbonyl (C=O) groups excluding carboxylic acids is 2. The second kappa shape index (κ2) is 8.08. The molecule has 0 aromatic rings. The molecule has 0 radical (unpaired) electrons. The summed E-state index contributed by atoms with van der Waals surface area (Å²) >= 11 is 0. The minimum absolute atomic E-state index is 0.0754. The highest BCUT2D eigenvalue weighted by Crippen LogP contribution is 2.62. The van der Waals surface area contributed by atoms with Crippen LogP contribution in [0.15, 0.2) is 35.1 Å². The van der Waals surface area contributed by atoms with Gasteiger partial charge in [0.1, 0.15) is 0 Å². The molecule has 0 amide bonds. The molecule has 6 nitrogen and oxygen atoms in total. The van der Waals surface area contributed by atoms with E-state index in [0.29, 0.717) is 23.8 Å². The third kappa shape index (κ3) is 4.33. The maximum Gasteiger partial charge on any atom is 0.266 e. The van der Waals surface area contributed by atoms with E-state index in [4.69, 9.17) is 4.55 Å². The van der Waals surface area contributed by atoms with Crippen LogP contribution in [0.5, 0.6) is 0 Å². The topological polar surface area (TPSA) is 101 Å². The van der Waals surface area contributed by atoms with E-state index in [9.17, 15) is 18.0 Å². The number of hydrogen-bond acceptors (Lipinski definition) is 5. The maximum absolute atomic E-state index is 12.8. The van der Waals surface area contributed by atoms with Crippen LogP contribution in [0, 0.1) is 22.7 Å². The Morgan fingerprint density at radius 3 is 2.53 bits per heavy atom. The summed E-state index contributed by atoms with van der Waals surface area (Å²) in [5, 5.41) is 2.66. The quantitative estimate of drug-likeness (QED) is 0.375. The van der Waals surface area contributed by atoms with Gasteiger partial charge in [0, 0.05) is 18.2 Å². The predicted molar refractivity (Wildman–Crippen MR) is 116 cm³/mol. The van der Waals surface area contributed by atoms with Gasteiger partial charge in [-0.3, -0.25) is 14.1 Å². The molecule has 0 spiro atoms. The first kappa shape index (κ1) is 22.9. The Morgan fingerprint density at radius 2 is 1.87 bits per heavy atom. The van der Waals surface area contributed by atoms with Crippen molar-refractivity contribution >= 4 is 21.7 Å². The van der Waals surface area contributed by atoms with Crippen LogP contribution in [0.4, 0.5) is 0 Å². The summed E-state index contributed by atoms with van der Waals surface area (Å²) in [5.74, 6) is -0.142. The van der Waals surface area contributed by atoms with Crippen molar-refractivity contribution in [3.8, 4) is 0 Å². The van der Waals surface area contributed by atoms with Gasteiger partial charge in [-0.05, 0) is 67.8 Å². The second-order valence-corrected chi connectivity index (χ2v) is 11.3. The molecule has 4 unspecified atom stereocenters. The number of rotatable bonds is 6. The zero-order chi connectivity index (χ0) is 22.3. The first-order chi connectivity index (χ1) is 13.9. The molecule has 0 bridgehead atoms. The van der Waals surface area contributed by atoms with Crippen molar-refractivity contribution in [3.63, 3.8) is 0 Å². The third-order valence-corrected chi connectivity index (χ3v) is 8.72. The average molecular weight is 436 g/mol. The summed E-state index contributed by atoms with van der Waals surface area (Å²) in [4.78, 5) is 25.4. The van der Waals surface area contributed by atoms with Crippen molar-refractivity contribution in [2.24, 2.45) is 22.7 Å². The fraction of sp³-hybridized carbons (Fsp3) is 0.652. The Hall–Kier alpha value is -1.73. The van der Waals surface area contributed by atoms with Crippen molar-refractivity contribution < 1.29 is 22.6 Å². The molecular formula is C23H33NO5S. The minimum atomic E-state index is -4.13. The lowest BCUT2D eigenvalue weighted by Crippen LogP contribution is -2.50. The van der Waals surface area contributed by atoms with E-state index in [1.807, 2.05) is 0 Å². The number of allylic oxidation sites excluding steroid dienone is 5. The highest BCUT2D eigenvalue weighted by Gasteiger charge is 2.53. The molecule has 0 saturated heterocycles. The summed E-state index contributed by atoms with van der Waals surface area (Å²) in [7, 11) is -4.13. The molecule has 3 rings (SSSR count). The Bertz CT molecular complexity index is 945. The van der Waals surface area contributed by atoms with E-state index in [0.717, 1.165) is 25.7 Å². The summed E-state index contributed by atoms with van der Waals surface area (Å²) in [6, 6.07) is 0. The van der Waals surface area contributed by atoms with E-state index in [1.54, 1.807) is 0 Å². The molecule has 7 heteroatoms. The van der Waals surface area contributed by atoms with Crippen molar-refractivity contribution in [1.29, 1.82) is 0 Å². The van der Waals surface area contributed by atoms with E-state index in [2.05, 4.69) is 39.1 Å². The SMILES string of the molecule is CC1=CCCC2C1(C)CCC(C)C2(C)CC1=CC(=O)C(NCCS(=O)(=O)O)=CC1=O. The van der Waals surface area contributed by atoms with Crippen LogP contribution in [-0.2, 0) is 19.7 Å². The number of fused-ring (bicyclic) bond motifs is 1.